The fourth-order valence-electron chi connectivity index (χ4n) is 6.40. The number of para-hydroxylation sites is 2. The van der Waals surface area contributed by atoms with Crippen molar-refractivity contribution in [3.8, 4) is 0 Å². The third kappa shape index (κ3) is 9.68. The van der Waals surface area contributed by atoms with Crippen LogP contribution in [-0.4, -0.2) is 84.8 Å². The predicted octanol–water partition coefficient (Wildman–Crippen LogP) is 8.88. The van der Waals surface area contributed by atoms with Crippen LogP contribution in [-0.2, 0) is 23.6 Å². The second-order valence-electron chi connectivity index (χ2n) is 12.6. The van der Waals surface area contributed by atoms with E-state index in [1.54, 1.807) is 18.2 Å². The minimum Gasteiger partial charge on any atom is -0.380 e. The number of ether oxygens (including phenoxy) is 1. The molecule has 0 saturated carbocycles. The Morgan fingerprint density at radius 3 is 2.27 bits per heavy atom. The number of likely N-dealkylation sites (N-methyl/N-ethyl adjacent to an activating group) is 1. The van der Waals surface area contributed by atoms with Gasteiger partial charge in [-0.1, -0.05) is 41.4 Å². The molecule has 1 aromatic heterocycles. The van der Waals surface area contributed by atoms with Gasteiger partial charge in [0.15, 0.2) is 0 Å². The first kappa shape index (κ1) is 38.7. The summed E-state index contributed by atoms with van der Waals surface area (Å²) in [5, 5.41) is 0.616. The van der Waals surface area contributed by atoms with Gasteiger partial charge in [0.05, 0.1) is 38.8 Å². The average molecular weight is 759 g/mol. The van der Waals surface area contributed by atoms with Crippen molar-refractivity contribution in [3.63, 3.8) is 0 Å². The van der Waals surface area contributed by atoms with Crippen LogP contribution in [0.4, 0.5) is 32.3 Å². The molecule has 1 amide bonds. The zero-order valence-corrected chi connectivity index (χ0v) is 29.7. The van der Waals surface area contributed by atoms with Crippen LogP contribution in [0.2, 0.25) is 10.0 Å². The summed E-state index contributed by atoms with van der Waals surface area (Å²) >= 11 is 12.5. The second kappa shape index (κ2) is 16.4. The molecule has 1 atom stereocenters. The van der Waals surface area contributed by atoms with E-state index in [1.165, 1.54) is 7.05 Å². The second-order valence-corrected chi connectivity index (χ2v) is 13.4. The molecule has 51 heavy (non-hydrogen) atoms. The molecule has 1 unspecified atom stereocenters. The van der Waals surface area contributed by atoms with E-state index in [0.29, 0.717) is 61.4 Å². The molecule has 0 N–H and O–H groups in total. The van der Waals surface area contributed by atoms with Crippen LogP contribution in [0.25, 0.3) is 11.0 Å². The largest absolute Gasteiger partial charge is 0.416 e. The van der Waals surface area contributed by atoms with Gasteiger partial charge in [0, 0.05) is 57.9 Å². The summed E-state index contributed by atoms with van der Waals surface area (Å²) in [6.45, 7) is 7.46. The Labute approximate surface area is 302 Å². The average Bonchev–Trinajstić information content (AvgIpc) is 3.28. The number of rotatable bonds is 12. The van der Waals surface area contributed by atoms with Crippen LogP contribution in [0.15, 0.2) is 60.7 Å². The molecule has 1 fully saturated rings. The number of anilines is 1. The maximum absolute atomic E-state index is 13.5. The molecule has 15 heteroatoms. The van der Waals surface area contributed by atoms with Crippen molar-refractivity contribution in [1.29, 1.82) is 0 Å². The number of carbonyl (C=O) groups excluding carboxylic acids is 1. The minimum atomic E-state index is -5.07. The summed E-state index contributed by atoms with van der Waals surface area (Å²) < 4.78 is 89.0. The fourth-order valence-corrected chi connectivity index (χ4v) is 6.71. The van der Waals surface area contributed by atoms with Crippen LogP contribution < -0.4 is 4.90 Å². The van der Waals surface area contributed by atoms with E-state index in [0.717, 1.165) is 53.5 Å². The number of halogens is 8. The van der Waals surface area contributed by atoms with Gasteiger partial charge >= 0.3 is 12.4 Å². The highest BCUT2D eigenvalue weighted by atomic mass is 35.5. The van der Waals surface area contributed by atoms with Gasteiger partial charge in [-0.2, -0.15) is 26.3 Å². The van der Waals surface area contributed by atoms with Crippen molar-refractivity contribution in [2.45, 2.75) is 44.6 Å². The maximum atomic E-state index is 13.5. The fraction of sp³-hybridized carbons (Fsp3) is 0.444. The number of carbonyl (C=O) groups is 1. The number of hydrogen-bond acceptors (Lipinski definition) is 5. The normalized spacial score (nSPS) is 15.3. The first-order valence-electron chi connectivity index (χ1n) is 16.7. The lowest BCUT2D eigenvalue weighted by atomic mass is 9.94. The third-order valence-corrected chi connectivity index (χ3v) is 9.79. The quantitative estimate of drug-likeness (QED) is 0.107. The van der Waals surface area contributed by atoms with Crippen LogP contribution in [0.1, 0.15) is 52.7 Å². The summed E-state index contributed by atoms with van der Waals surface area (Å²) in [5.74, 6) is -0.437. The maximum Gasteiger partial charge on any atom is 0.416 e. The Balaban J connectivity index is 1.32. The van der Waals surface area contributed by atoms with Gasteiger partial charge in [0.2, 0.25) is 5.95 Å². The number of imidazole rings is 1. The van der Waals surface area contributed by atoms with Gasteiger partial charge in [0.25, 0.3) is 5.91 Å². The minimum absolute atomic E-state index is 0.00810. The standard InChI is InChI=1S/C36H39Cl2F6N5O2/c1-3-51-18-17-49-32-8-5-4-7-31(32)45-34(49)48-13-6-12-47(15-16-48)14-11-25(24-9-10-29(37)30(38)21-24)23-46(2)33(50)26-19-27(35(39,40)41)22-28(20-26)36(42,43)44/h4-5,7-10,19-22,25H,3,6,11-18,23H2,1-2H3. The number of hydrogen-bond donors (Lipinski definition) is 0. The van der Waals surface area contributed by atoms with E-state index < -0.39 is 35.0 Å². The predicted molar refractivity (Wildman–Crippen MR) is 187 cm³/mol. The van der Waals surface area contributed by atoms with Gasteiger partial charge in [-0.3, -0.25) is 4.79 Å². The molecule has 1 saturated heterocycles. The molecule has 1 aliphatic rings. The van der Waals surface area contributed by atoms with Gasteiger partial charge in [-0.05, 0) is 80.9 Å². The Kier molecular flexibility index (Phi) is 12.5. The van der Waals surface area contributed by atoms with E-state index in [1.807, 2.05) is 25.1 Å². The highest BCUT2D eigenvalue weighted by molar-refractivity contribution is 6.42. The molecule has 0 radical (unpaired) electrons. The Morgan fingerprint density at radius 1 is 0.902 bits per heavy atom. The lowest BCUT2D eigenvalue weighted by Crippen LogP contribution is -2.35. The van der Waals surface area contributed by atoms with Crippen molar-refractivity contribution in [2.75, 3.05) is 64.4 Å². The molecule has 4 aromatic rings. The van der Waals surface area contributed by atoms with Crippen molar-refractivity contribution in [2.24, 2.45) is 0 Å². The number of aromatic nitrogens is 2. The summed E-state index contributed by atoms with van der Waals surface area (Å²) in [6.07, 6.45) is -8.76. The van der Waals surface area contributed by atoms with E-state index in [-0.39, 0.29) is 18.5 Å². The molecule has 0 aliphatic carbocycles. The highest BCUT2D eigenvalue weighted by Crippen LogP contribution is 2.37. The summed E-state index contributed by atoms with van der Waals surface area (Å²) in [7, 11) is 1.36. The van der Waals surface area contributed by atoms with Gasteiger partial charge in [-0.25, -0.2) is 4.98 Å². The summed E-state index contributed by atoms with van der Waals surface area (Å²) in [6, 6.07) is 14.0. The first-order valence-corrected chi connectivity index (χ1v) is 17.4. The summed E-state index contributed by atoms with van der Waals surface area (Å²) in [4.78, 5) is 24.1. The Hall–Kier alpha value is -3.52. The van der Waals surface area contributed by atoms with E-state index in [4.69, 9.17) is 32.9 Å². The van der Waals surface area contributed by atoms with Gasteiger partial charge in [0.1, 0.15) is 0 Å². The van der Waals surface area contributed by atoms with Crippen LogP contribution in [0.3, 0.4) is 0 Å². The van der Waals surface area contributed by atoms with Gasteiger partial charge < -0.3 is 24.0 Å². The number of alkyl halides is 6. The first-order chi connectivity index (χ1) is 24.2. The molecule has 2 heterocycles. The molecule has 0 bridgehead atoms. The molecule has 0 spiro atoms. The molecule has 7 nitrogen and oxygen atoms in total. The number of amides is 1. The summed E-state index contributed by atoms with van der Waals surface area (Å²) in [5.41, 5.74) is -1.11. The molecule has 5 rings (SSSR count). The topological polar surface area (TPSA) is 53.8 Å². The van der Waals surface area contributed by atoms with Crippen molar-refractivity contribution >= 4 is 46.1 Å². The van der Waals surface area contributed by atoms with Crippen LogP contribution in [0.5, 0.6) is 0 Å². The Bertz CT molecular complexity index is 1780. The molecular weight excluding hydrogens is 719 g/mol. The molecule has 1 aliphatic heterocycles. The Morgan fingerprint density at radius 2 is 1.61 bits per heavy atom. The lowest BCUT2D eigenvalue weighted by Gasteiger charge is -2.28. The van der Waals surface area contributed by atoms with Crippen LogP contribution in [0, 0.1) is 0 Å². The zero-order valence-electron chi connectivity index (χ0n) is 28.2. The smallest absolute Gasteiger partial charge is 0.380 e. The SMILES string of the molecule is CCOCCn1c(N2CCCN(CCC(CN(C)C(=O)c3cc(C(F)(F)F)cc(C(F)(F)F)c3)c3ccc(Cl)c(Cl)c3)CC2)nc2ccccc21. The van der Waals surface area contributed by atoms with Gasteiger partial charge in [-0.15, -0.1) is 0 Å². The third-order valence-electron chi connectivity index (χ3n) is 9.05. The number of nitrogens with zero attached hydrogens (tertiary/aromatic N) is 5. The highest BCUT2D eigenvalue weighted by Gasteiger charge is 2.38. The van der Waals surface area contributed by atoms with E-state index in [9.17, 15) is 31.1 Å². The zero-order chi connectivity index (χ0) is 36.9. The number of fused-ring (bicyclic) bond motifs is 1. The van der Waals surface area contributed by atoms with Crippen molar-refractivity contribution in [1.82, 2.24) is 19.4 Å². The van der Waals surface area contributed by atoms with Crippen molar-refractivity contribution in [3.05, 3.63) is 93.0 Å². The van der Waals surface area contributed by atoms with Crippen molar-refractivity contribution < 1.29 is 35.9 Å². The number of benzene rings is 3. The molecular formula is C36H39Cl2F6N5O2. The van der Waals surface area contributed by atoms with E-state index in [2.05, 4.69) is 20.4 Å². The molecule has 3 aromatic carbocycles. The molecule has 276 valence electrons. The van der Waals surface area contributed by atoms with E-state index >= 15 is 0 Å². The lowest BCUT2D eigenvalue weighted by molar-refractivity contribution is -0.143. The monoisotopic (exact) mass is 757 g/mol. The van der Waals surface area contributed by atoms with Crippen LogP contribution >= 0.6 is 23.2 Å².